The van der Waals surface area contributed by atoms with Crippen LogP contribution in [0.2, 0.25) is 10.0 Å². The van der Waals surface area contributed by atoms with E-state index in [-0.39, 0.29) is 11.8 Å². The number of amides is 1. The molecule has 3 nitrogen and oxygen atoms in total. The average molecular weight is 335 g/mol. The van der Waals surface area contributed by atoms with Gasteiger partial charge in [-0.15, -0.1) is 0 Å². The molecule has 1 aromatic rings. The Bertz CT molecular complexity index is 437. The monoisotopic (exact) mass is 334 g/mol. The van der Waals surface area contributed by atoms with Gasteiger partial charge < -0.3 is 11.1 Å². The molecule has 0 radical (unpaired) electrons. The van der Waals surface area contributed by atoms with E-state index in [1.807, 2.05) is 13.2 Å². The predicted molar refractivity (Wildman–Crippen MR) is 88.9 cm³/mol. The van der Waals surface area contributed by atoms with Crippen LogP contribution in [0.25, 0.3) is 0 Å². The number of carbonyl (C=O) groups excluding carboxylic acids is 1. The lowest BCUT2D eigenvalue weighted by Crippen LogP contribution is -2.42. The maximum atomic E-state index is 11.8. The third kappa shape index (κ3) is 5.17. The van der Waals surface area contributed by atoms with Crippen LogP contribution in [0.5, 0.6) is 0 Å². The van der Waals surface area contributed by atoms with Crippen molar-refractivity contribution in [1.82, 2.24) is 5.32 Å². The van der Waals surface area contributed by atoms with Gasteiger partial charge in [0.05, 0.1) is 6.04 Å². The molecule has 0 heterocycles. The Kier molecular flexibility index (Phi) is 7.74. The Morgan fingerprint density at radius 3 is 2.55 bits per heavy atom. The van der Waals surface area contributed by atoms with Gasteiger partial charge in [-0.2, -0.15) is 11.8 Å². The second kappa shape index (κ2) is 8.78. The molecule has 0 bridgehead atoms. The highest BCUT2D eigenvalue weighted by Crippen LogP contribution is 2.30. The van der Waals surface area contributed by atoms with Crippen LogP contribution < -0.4 is 11.1 Å². The van der Waals surface area contributed by atoms with Crippen LogP contribution in [0, 0.1) is 0 Å². The lowest BCUT2D eigenvalue weighted by Gasteiger charge is -2.18. The molecule has 0 saturated carbocycles. The van der Waals surface area contributed by atoms with E-state index in [1.165, 1.54) is 0 Å². The molecule has 0 aliphatic heterocycles. The van der Waals surface area contributed by atoms with E-state index in [2.05, 4.69) is 5.32 Å². The summed E-state index contributed by atoms with van der Waals surface area (Å²) in [6.07, 6.45) is 2.67. The lowest BCUT2D eigenvalue weighted by molar-refractivity contribution is -0.122. The van der Waals surface area contributed by atoms with Gasteiger partial charge in [-0.25, -0.2) is 0 Å². The van der Waals surface area contributed by atoms with Gasteiger partial charge >= 0.3 is 0 Å². The van der Waals surface area contributed by atoms with Crippen LogP contribution in [-0.4, -0.2) is 30.5 Å². The Labute approximate surface area is 134 Å². The van der Waals surface area contributed by atoms with Crippen LogP contribution in [0.4, 0.5) is 0 Å². The summed E-state index contributed by atoms with van der Waals surface area (Å²) in [6.45, 7) is 2.44. The van der Waals surface area contributed by atoms with Crippen molar-refractivity contribution in [3.63, 3.8) is 0 Å². The van der Waals surface area contributed by atoms with Crippen molar-refractivity contribution in [3.8, 4) is 0 Å². The molecule has 0 spiro atoms. The van der Waals surface area contributed by atoms with Crippen LogP contribution in [0.3, 0.4) is 0 Å². The summed E-state index contributed by atoms with van der Waals surface area (Å²) in [5, 5.41) is 4.09. The first-order valence-electron chi connectivity index (χ1n) is 6.43. The Hall–Kier alpha value is -0.420. The summed E-state index contributed by atoms with van der Waals surface area (Å²) in [5.41, 5.74) is 6.67. The molecule has 0 aliphatic carbocycles. The molecule has 1 aromatic carbocycles. The first kappa shape index (κ1) is 17.6. The molecule has 112 valence electrons. The van der Waals surface area contributed by atoms with Crippen LogP contribution in [0.15, 0.2) is 18.2 Å². The van der Waals surface area contributed by atoms with Gasteiger partial charge in [-0.3, -0.25) is 4.79 Å². The average Bonchev–Trinajstić information content (AvgIpc) is 2.41. The Morgan fingerprint density at radius 1 is 1.40 bits per heavy atom. The quantitative estimate of drug-likeness (QED) is 0.804. The molecular formula is C14H20Cl2N2OS. The molecule has 0 saturated heterocycles. The van der Waals surface area contributed by atoms with Gasteiger partial charge in [0.1, 0.15) is 0 Å². The highest BCUT2D eigenvalue weighted by Gasteiger charge is 2.17. The Morgan fingerprint density at radius 2 is 2.00 bits per heavy atom. The number of nitrogens with one attached hydrogen (secondary N) is 1. The van der Waals surface area contributed by atoms with E-state index in [1.54, 1.807) is 30.0 Å². The molecular weight excluding hydrogens is 315 g/mol. The summed E-state index contributed by atoms with van der Waals surface area (Å²) >= 11 is 14.0. The Balaban J connectivity index is 2.55. The van der Waals surface area contributed by atoms with Crippen molar-refractivity contribution in [2.75, 3.05) is 18.6 Å². The normalized spacial score (nSPS) is 13.8. The van der Waals surface area contributed by atoms with Gasteiger partial charge in [-0.1, -0.05) is 36.2 Å². The SMILES string of the molecule is CSCC[C@H](N)C(=O)NCC(C)c1c(Cl)cccc1Cl. The smallest absolute Gasteiger partial charge is 0.236 e. The van der Waals surface area contributed by atoms with Gasteiger partial charge in [0.25, 0.3) is 0 Å². The first-order chi connectivity index (χ1) is 9.47. The summed E-state index contributed by atoms with van der Waals surface area (Å²) in [6, 6.07) is 4.94. The third-order valence-corrected chi connectivity index (χ3v) is 4.35. The van der Waals surface area contributed by atoms with Crippen molar-refractivity contribution < 1.29 is 4.79 Å². The molecule has 0 fully saturated rings. The highest BCUT2D eigenvalue weighted by atomic mass is 35.5. The van der Waals surface area contributed by atoms with Crippen molar-refractivity contribution in [3.05, 3.63) is 33.8 Å². The zero-order valence-electron chi connectivity index (χ0n) is 11.7. The molecule has 3 N–H and O–H groups in total. The standard InChI is InChI=1S/C14H20Cl2N2OS/c1-9(13-10(15)4-3-5-11(13)16)8-18-14(19)12(17)6-7-20-2/h3-5,9,12H,6-8,17H2,1-2H3,(H,18,19)/t9?,12-/m0/s1. The third-order valence-electron chi connectivity index (χ3n) is 3.04. The summed E-state index contributed by atoms with van der Waals surface area (Å²) in [7, 11) is 0. The highest BCUT2D eigenvalue weighted by molar-refractivity contribution is 7.98. The minimum atomic E-state index is -0.462. The summed E-state index contributed by atoms with van der Waals surface area (Å²) < 4.78 is 0. The number of hydrogen-bond acceptors (Lipinski definition) is 3. The number of hydrogen-bond donors (Lipinski definition) is 2. The van der Waals surface area contributed by atoms with E-state index in [0.29, 0.717) is 23.0 Å². The zero-order chi connectivity index (χ0) is 15.1. The van der Waals surface area contributed by atoms with Crippen molar-refractivity contribution in [2.45, 2.75) is 25.3 Å². The number of nitrogens with two attached hydrogens (primary N) is 1. The molecule has 1 amide bonds. The van der Waals surface area contributed by atoms with Gasteiger partial charge in [0, 0.05) is 22.5 Å². The maximum absolute atomic E-state index is 11.8. The van der Waals surface area contributed by atoms with Gasteiger partial charge in [-0.05, 0) is 36.1 Å². The molecule has 1 rings (SSSR count). The molecule has 20 heavy (non-hydrogen) atoms. The fraction of sp³-hybridized carbons (Fsp3) is 0.500. The van der Waals surface area contributed by atoms with Crippen molar-refractivity contribution >= 4 is 40.9 Å². The van der Waals surface area contributed by atoms with Gasteiger partial charge in [0.2, 0.25) is 5.91 Å². The molecule has 0 aliphatic rings. The largest absolute Gasteiger partial charge is 0.354 e. The molecule has 2 atom stereocenters. The first-order valence-corrected chi connectivity index (χ1v) is 8.58. The number of thioether (sulfide) groups is 1. The van der Waals surface area contributed by atoms with Crippen molar-refractivity contribution in [1.29, 1.82) is 0 Å². The van der Waals surface area contributed by atoms with Crippen LogP contribution >= 0.6 is 35.0 Å². The fourth-order valence-corrected chi connectivity index (χ4v) is 3.10. The minimum absolute atomic E-state index is 0.0351. The number of carbonyl (C=O) groups is 1. The van der Waals surface area contributed by atoms with Gasteiger partial charge in [0.15, 0.2) is 0 Å². The van der Waals surface area contributed by atoms with E-state index >= 15 is 0 Å². The minimum Gasteiger partial charge on any atom is -0.354 e. The van der Waals surface area contributed by atoms with E-state index in [0.717, 1.165) is 11.3 Å². The fourth-order valence-electron chi connectivity index (χ4n) is 1.84. The zero-order valence-corrected chi connectivity index (χ0v) is 14.0. The number of benzene rings is 1. The van der Waals surface area contributed by atoms with Crippen LogP contribution in [0.1, 0.15) is 24.8 Å². The second-order valence-corrected chi connectivity index (χ2v) is 6.47. The van der Waals surface area contributed by atoms with E-state index < -0.39 is 6.04 Å². The van der Waals surface area contributed by atoms with E-state index in [9.17, 15) is 4.79 Å². The maximum Gasteiger partial charge on any atom is 0.236 e. The predicted octanol–water partition coefficient (Wildman–Crippen LogP) is 3.29. The van der Waals surface area contributed by atoms with Crippen molar-refractivity contribution in [2.24, 2.45) is 5.73 Å². The number of halogens is 2. The summed E-state index contributed by atoms with van der Waals surface area (Å²) in [4.78, 5) is 11.8. The summed E-state index contributed by atoms with van der Waals surface area (Å²) in [5.74, 6) is 0.780. The molecule has 0 aromatic heterocycles. The number of rotatable bonds is 7. The molecule has 1 unspecified atom stereocenters. The lowest BCUT2D eigenvalue weighted by atomic mass is 10.0. The molecule has 6 heteroatoms. The second-order valence-electron chi connectivity index (χ2n) is 4.67. The van der Waals surface area contributed by atoms with Crippen LogP contribution in [-0.2, 0) is 4.79 Å². The van der Waals surface area contributed by atoms with E-state index in [4.69, 9.17) is 28.9 Å². The topological polar surface area (TPSA) is 55.1 Å².